The first kappa shape index (κ1) is 16.7. The summed E-state index contributed by atoms with van der Waals surface area (Å²) in [6.07, 6.45) is 8.14. The van der Waals surface area contributed by atoms with Crippen molar-refractivity contribution in [1.29, 1.82) is 0 Å². The summed E-state index contributed by atoms with van der Waals surface area (Å²) in [5, 5.41) is 2.87. The molecule has 0 spiro atoms. The van der Waals surface area contributed by atoms with Crippen LogP contribution < -0.4 is 5.32 Å². The summed E-state index contributed by atoms with van der Waals surface area (Å²) in [7, 11) is 3.54. The topological polar surface area (TPSA) is 78.4 Å². The molecule has 1 saturated heterocycles. The molecule has 1 N–H and O–H groups in total. The van der Waals surface area contributed by atoms with Crippen LogP contribution in [0.1, 0.15) is 37.7 Å². The summed E-state index contributed by atoms with van der Waals surface area (Å²) in [6.45, 7) is 1.16. The van der Waals surface area contributed by atoms with Gasteiger partial charge in [-0.15, -0.1) is 0 Å². The monoisotopic (exact) mass is 331 g/mol. The number of nitrogens with zero attached hydrogens (tertiary/aromatic N) is 4. The van der Waals surface area contributed by atoms with E-state index in [4.69, 9.17) is 0 Å². The van der Waals surface area contributed by atoms with Crippen molar-refractivity contribution >= 4 is 17.8 Å². The molecule has 0 radical (unpaired) electrons. The molecule has 1 unspecified atom stereocenters. The van der Waals surface area contributed by atoms with E-state index in [-0.39, 0.29) is 23.8 Å². The van der Waals surface area contributed by atoms with Gasteiger partial charge in [0.25, 0.3) is 0 Å². The van der Waals surface area contributed by atoms with Gasteiger partial charge in [0.05, 0.1) is 0 Å². The Balaban J connectivity index is 1.64. The molecule has 0 bridgehead atoms. The summed E-state index contributed by atoms with van der Waals surface area (Å²) in [4.78, 5) is 37.2. The molecule has 1 aliphatic carbocycles. The Morgan fingerprint density at radius 3 is 2.58 bits per heavy atom. The van der Waals surface area contributed by atoms with E-state index in [0.29, 0.717) is 19.0 Å². The number of piperidine rings is 1. The second-order valence-corrected chi connectivity index (χ2v) is 6.68. The van der Waals surface area contributed by atoms with Gasteiger partial charge in [-0.3, -0.25) is 9.59 Å². The fourth-order valence-electron chi connectivity index (χ4n) is 3.19. The number of nitrogens with one attached hydrogen (secondary N) is 1. The summed E-state index contributed by atoms with van der Waals surface area (Å²) >= 11 is 0. The molecule has 1 atom stereocenters. The number of likely N-dealkylation sites (tertiary alicyclic amines) is 1. The number of amides is 2. The van der Waals surface area contributed by atoms with Crippen molar-refractivity contribution in [3.05, 3.63) is 18.0 Å². The molecule has 2 fully saturated rings. The van der Waals surface area contributed by atoms with Gasteiger partial charge in [-0.05, 0) is 32.1 Å². The Morgan fingerprint density at radius 2 is 1.96 bits per heavy atom. The van der Waals surface area contributed by atoms with Crippen molar-refractivity contribution < 1.29 is 9.59 Å². The fourth-order valence-corrected chi connectivity index (χ4v) is 3.19. The molecule has 130 valence electrons. The van der Waals surface area contributed by atoms with Crippen molar-refractivity contribution in [2.45, 2.75) is 44.7 Å². The Hall–Kier alpha value is -2.18. The minimum atomic E-state index is -0.311. The van der Waals surface area contributed by atoms with E-state index in [1.807, 2.05) is 4.90 Å². The number of aromatic nitrogens is 2. The lowest BCUT2D eigenvalue weighted by Gasteiger charge is -2.37. The molecular weight excluding hydrogens is 306 g/mol. The van der Waals surface area contributed by atoms with Crippen molar-refractivity contribution in [3.8, 4) is 0 Å². The Bertz CT molecular complexity index is 600. The smallest absolute Gasteiger partial charge is 0.245 e. The summed E-state index contributed by atoms with van der Waals surface area (Å²) in [6, 6.07) is -0.311. The largest absolute Gasteiger partial charge is 0.357 e. The highest BCUT2D eigenvalue weighted by molar-refractivity contribution is 5.89. The predicted octanol–water partition coefficient (Wildman–Crippen LogP) is 1.27. The Kier molecular flexibility index (Phi) is 4.97. The fraction of sp³-hybridized carbons (Fsp3) is 0.647. The lowest BCUT2D eigenvalue weighted by atomic mass is 10.00. The molecule has 1 aromatic heterocycles. The van der Waals surface area contributed by atoms with E-state index in [1.165, 1.54) is 0 Å². The van der Waals surface area contributed by atoms with Crippen molar-refractivity contribution in [2.24, 2.45) is 5.92 Å². The average molecular weight is 331 g/mol. The zero-order valence-electron chi connectivity index (χ0n) is 14.4. The van der Waals surface area contributed by atoms with Gasteiger partial charge in [0.2, 0.25) is 17.8 Å². The Morgan fingerprint density at radius 1 is 1.25 bits per heavy atom. The van der Waals surface area contributed by atoms with Gasteiger partial charge >= 0.3 is 0 Å². The number of anilines is 1. The Labute approximate surface area is 142 Å². The van der Waals surface area contributed by atoms with E-state index >= 15 is 0 Å². The molecule has 2 aliphatic rings. The maximum Gasteiger partial charge on any atom is 0.245 e. The van der Waals surface area contributed by atoms with Crippen LogP contribution in [0.15, 0.2) is 12.4 Å². The SMILES string of the molecule is CNc1ncc(CN(C)C(=O)C2CCCCN2C(=O)C2CC2)cn1. The minimum absolute atomic E-state index is 0.0152. The molecule has 7 nitrogen and oxygen atoms in total. The molecule has 1 saturated carbocycles. The molecule has 1 aliphatic heterocycles. The van der Waals surface area contributed by atoms with E-state index in [9.17, 15) is 9.59 Å². The number of hydrogen-bond acceptors (Lipinski definition) is 5. The highest BCUT2D eigenvalue weighted by atomic mass is 16.2. The van der Waals surface area contributed by atoms with Crippen molar-refractivity contribution in [1.82, 2.24) is 19.8 Å². The van der Waals surface area contributed by atoms with Crippen LogP contribution in [-0.2, 0) is 16.1 Å². The van der Waals surface area contributed by atoms with Gasteiger partial charge in [0.15, 0.2) is 0 Å². The first-order valence-electron chi connectivity index (χ1n) is 8.64. The summed E-state index contributed by atoms with van der Waals surface area (Å²) < 4.78 is 0. The van der Waals surface area contributed by atoms with Gasteiger partial charge in [0, 0.05) is 51.1 Å². The molecule has 3 rings (SSSR count). The van der Waals surface area contributed by atoms with Crippen LogP contribution in [-0.4, -0.2) is 58.3 Å². The van der Waals surface area contributed by atoms with Gasteiger partial charge in [-0.25, -0.2) is 9.97 Å². The van der Waals surface area contributed by atoms with E-state index in [0.717, 1.165) is 37.7 Å². The maximum absolute atomic E-state index is 12.9. The van der Waals surface area contributed by atoms with Crippen LogP contribution in [0.5, 0.6) is 0 Å². The predicted molar refractivity (Wildman–Crippen MR) is 90.1 cm³/mol. The van der Waals surface area contributed by atoms with E-state index in [2.05, 4.69) is 15.3 Å². The number of carbonyl (C=O) groups is 2. The number of hydrogen-bond donors (Lipinski definition) is 1. The minimum Gasteiger partial charge on any atom is -0.357 e. The lowest BCUT2D eigenvalue weighted by Crippen LogP contribution is -2.52. The third-order valence-corrected chi connectivity index (χ3v) is 4.72. The maximum atomic E-state index is 12.9. The molecule has 1 aromatic rings. The van der Waals surface area contributed by atoms with Gasteiger partial charge in [-0.2, -0.15) is 0 Å². The molecule has 2 heterocycles. The highest BCUT2D eigenvalue weighted by Gasteiger charge is 2.40. The summed E-state index contributed by atoms with van der Waals surface area (Å²) in [5.74, 6) is 0.900. The zero-order chi connectivity index (χ0) is 17.1. The number of likely N-dealkylation sites (N-methyl/N-ethyl adjacent to an activating group) is 1. The zero-order valence-corrected chi connectivity index (χ0v) is 14.4. The second kappa shape index (κ2) is 7.15. The summed E-state index contributed by atoms with van der Waals surface area (Å²) in [5.41, 5.74) is 0.876. The van der Waals surface area contributed by atoms with Crippen LogP contribution in [0.2, 0.25) is 0 Å². The van der Waals surface area contributed by atoms with Gasteiger partial charge in [0.1, 0.15) is 6.04 Å². The van der Waals surface area contributed by atoms with Crippen LogP contribution in [0, 0.1) is 5.92 Å². The molecular formula is C17H25N5O2. The van der Waals surface area contributed by atoms with Crippen molar-refractivity contribution in [3.63, 3.8) is 0 Å². The third-order valence-electron chi connectivity index (χ3n) is 4.72. The first-order chi connectivity index (χ1) is 11.6. The second-order valence-electron chi connectivity index (χ2n) is 6.68. The number of rotatable bonds is 5. The lowest BCUT2D eigenvalue weighted by molar-refractivity contribution is -0.148. The van der Waals surface area contributed by atoms with Gasteiger partial charge in [-0.1, -0.05) is 0 Å². The van der Waals surface area contributed by atoms with Crippen LogP contribution in [0.4, 0.5) is 5.95 Å². The van der Waals surface area contributed by atoms with Crippen molar-refractivity contribution in [2.75, 3.05) is 26.0 Å². The standard InChI is InChI=1S/C17H25N5O2/c1-18-17-19-9-12(10-20-17)11-21(2)16(24)14-5-3-4-8-22(14)15(23)13-6-7-13/h9-10,13-14H,3-8,11H2,1-2H3,(H,18,19,20). The first-order valence-corrected chi connectivity index (χ1v) is 8.64. The molecule has 24 heavy (non-hydrogen) atoms. The van der Waals surface area contributed by atoms with E-state index < -0.39 is 0 Å². The quantitative estimate of drug-likeness (QED) is 0.879. The highest BCUT2D eigenvalue weighted by Crippen LogP contribution is 2.33. The van der Waals surface area contributed by atoms with Crippen LogP contribution >= 0.6 is 0 Å². The molecule has 7 heteroatoms. The third kappa shape index (κ3) is 3.66. The van der Waals surface area contributed by atoms with Crippen LogP contribution in [0.25, 0.3) is 0 Å². The number of carbonyl (C=O) groups excluding carboxylic acids is 2. The molecule has 0 aromatic carbocycles. The average Bonchev–Trinajstić information content (AvgIpc) is 3.46. The van der Waals surface area contributed by atoms with Gasteiger partial charge < -0.3 is 15.1 Å². The van der Waals surface area contributed by atoms with Crippen LogP contribution in [0.3, 0.4) is 0 Å². The molecule has 2 amide bonds. The normalized spacial score (nSPS) is 20.6. The van der Waals surface area contributed by atoms with E-state index in [1.54, 1.807) is 31.4 Å².